The van der Waals surface area contributed by atoms with Gasteiger partial charge in [-0.05, 0) is 65.5 Å². The van der Waals surface area contributed by atoms with Crippen molar-refractivity contribution in [1.29, 1.82) is 0 Å². The van der Waals surface area contributed by atoms with Crippen molar-refractivity contribution < 1.29 is 14.6 Å². The zero-order valence-corrected chi connectivity index (χ0v) is 20.2. The van der Waals surface area contributed by atoms with Crippen LogP contribution in [0.2, 0.25) is 0 Å². The largest absolute Gasteiger partial charge is 0.394 e. The van der Waals surface area contributed by atoms with Crippen LogP contribution < -0.4 is 16.0 Å². The second-order valence-electron chi connectivity index (χ2n) is 8.45. The lowest BCUT2D eigenvalue weighted by atomic mass is 9.90. The molecule has 0 aliphatic rings. The predicted octanol–water partition coefficient (Wildman–Crippen LogP) is 3.31. The summed E-state index contributed by atoms with van der Waals surface area (Å²) in [6, 6.07) is 17.3. The number of benzene rings is 3. The number of ether oxygens (including phenoxy) is 1. The smallest absolute Gasteiger partial charge is 0.246 e. The number of amides is 1. The molecule has 34 heavy (non-hydrogen) atoms. The molecular weight excluding hydrogens is 426 g/mol. The molecule has 0 aliphatic heterocycles. The summed E-state index contributed by atoms with van der Waals surface area (Å²) >= 11 is 0. The van der Waals surface area contributed by atoms with E-state index in [4.69, 9.17) is 9.84 Å². The van der Waals surface area contributed by atoms with Gasteiger partial charge in [-0.25, -0.2) is 0 Å². The van der Waals surface area contributed by atoms with Gasteiger partial charge in [0.05, 0.1) is 19.8 Å². The molecule has 0 saturated carbocycles. The number of carbonyl (C=O) groups excluding carboxylic acids is 1. The number of rotatable bonds is 15. The number of hydrogen-bond donors (Lipinski definition) is 4. The van der Waals surface area contributed by atoms with Crippen LogP contribution in [0, 0.1) is 0 Å². The second-order valence-corrected chi connectivity index (χ2v) is 8.45. The average Bonchev–Trinajstić information content (AvgIpc) is 2.85. The molecule has 182 valence electrons. The lowest BCUT2D eigenvalue weighted by Crippen LogP contribution is -2.28. The quantitative estimate of drug-likeness (QED) is 0.158. The third-order valence-corrected chi connectivity index (χ3v) is 5.87. The highest BCUT2D eigenvalue weighted by atomic mass is 16.5. The Morgan fingerprint density at radius 3 is 2.06 bits per heavy atom. The van der Waals surface area contributed by atoms with Crippen molar-refractivity contribution in [2.75, 3.05) is 46.0 Å². The van der Waals surface area contributed by atoms with Crippen LogP contribution in [0.1, 0.15) is 24.5 Å². The van der Waals surface area contributed by atoms with E-state index in [1.165, 1.54) is 32.7 Å². The van der Waals surface area contributed by atoms with E-state index in [-0.39, 0.29) is 12.5 Å². The van der Waals surface area contributed by atoms with Gasteiger partial charge in [-0.15, -0.1) is 0 Å². The van der Waals surface area contributed by atoms with Crippen molar-refractivity contribution in [3.8, 4) is 0 Å². The molecule has 0 saturated heterocycles. The van der Waals surface area contributed by atoms with E-state index in [2.05, 4.69) is 71.1 Å². The molecule has 3 aromatic carbocycles. The molecular formula is C28H37N3O3. The molecule has 0 unspecified atom stereocenters. The van der Waals surface area contributed by atoms with Crippen LogP contribution in [-0.2, 0) is 22.5 Å². The first-order valence-electron chi connectivity index (χ1n) is 12.1. The number of fused-ring (bicyclic) bond motifs is 2. The molecule has 0 fully saturated rings. The van der Waals surface area contributed by atoms with Gasteiger partial charge in [-0.3, -0.25) is 4.79 Å². The van der Waals surface area contributed by atoms with Crippen LogP contribution in [0.4, 0.5) is 0 Å². The number of aliphatic hydroxyl groups is 1. The first-order valence-corrected chi connectivity index (χ1v) is 12.1. The Balaban J connectivity index is 1.67. The fourth-order valence-corrected chi connectivity index (χ4v) is 4.20. The highest BCUT2D eigenvalue weighted by molar-refractivity contribution is 6.05. The minimum Gasteiger partial charge on any atom is -0.394 e. The Morgan fingerprint density at radius 2 is 1.47 bits per heavy atom. The first kappa shape index (κ1) is 25.8. The minimum atomic E-state index is -0.0785. The fourth-order valence-electron chi connectivity index (χ4n) is 4.20. The van der Waals surface area contributed by atoms with Crippen molar-refractivity contribution in [1.82, 2.24) is 16.0 Å². The maximum Gasteiger partial charge on any atom is 0.246 e. The van der Waals surface area contributed by atoms with Crippen LogP contribution in [0.3, 0.4) is 0 Å². The van der Waals surface area contributed by atoms with Gasteiger partial charge in [0.2, 0.25) is 5.91 Å². The van der Waals surface area contributed by atoms with Crippen LogP contribution in [0.15, 0.2) is 60.7 Å². The van der Waals surface area contributed by atoms with Gasteiger partial charge >= 0.3 is 0 Å². The van der Waals surface area contributed by atoms with E-state index in [1.807, 2.05) is 0 Å². The van der Waals surface area contributed by atoms with Crippen molar-refractivity contribution in [2.24, 2.45) is 0 Å². The van der Waals surface area contributed by atoms with Crippen LogP contribution in [-0.4, -0.2) is 57.0 Å². The fraction of sp³-hybridized carbons (Fsp3) is 0.393. The SMILES string of the molecule is C=C(C)C(=O)NCCCNCCc1c2ccccc2c(CNCCOCCO)c2ccccc12. The molecule has 0 atom stereocenters. The lowest BCUT2D eigenvalue weighted by molar-refractivity contribution is -0.117. The summed E-state index contributed by atoms with van der Waals surface area (Å²) in [6.07, 6.45) is 1.81. The van der Waals surface area contributed by atoms with Gasteiger partial charge in [-0.2, -0.15) is 0 Å². The van der Waals surface area contributed by atoms with Crippen molar-refractivity contribution in [2.45, 2.75) is 26.3 Å². The molecule has 0 aromatic heterocycles. The minimum absolute atomic E-state index is 0.0527. The van der Waals surface area contributed by atoms with E-state index in [9.17, 15) is 4.79 Å². The maximum atomic E-state index is 11.6. The van der Waals surface area contributed by atoms with Gasteiger partial charge in [0.1, 0.15) is 0 Å². The van der Waals surface area contributed by atoms with Gasteiger partial charge in [0, 0.05) is 25.2 Å². The first-order chi connectivity index (χ1) is 16.6. The molecule has 0 spiro atoms. The summed E-state index contributed by atoms with van der Waals surface area (Å²) in [5, 5.41) is 23.9. The third-order valence-electron chi connectivity index (χ3n) is 5.87. The zero-order chi connectivity index (χ0) is 24.2. The maximum absolute atomic E-state index is 11.6. The van der Waals surface area contributed by atoms with E-state index in [0.29, 0.717) is 25.3 Å². The summed E-state index contributed by atoms with van der Waals surface area (Å²) in [4.78, 5) is 11.6. The standard InChI is InChI=1S/C28H37N3O3/c1-21(2)28(33)31-14-7-13-29-15-12-26-22-8-3-5-10-24(22)27(20-30-16-18-34-19-17-32)25-11-6-4-9-23(25)26/h3-6,8-11,29-30,32H,1,7,12-20H2,2H3,(H,31,33). The van der Waals surface area contributed by atoms with Crippen molar-refractivity contribution >= 4 is 27.5 Å². The zero-order valence-electron chi connectivity index (χ0n) is 20.2. The normalized spacial score (nSPS) is 11.2. The van der Waals surface area contributed by atoms with Gasteiger partial charge < -0.3 is 25.8 Å². The molecule has 3 aromatic rings. The Morgan fingerprint density at radius 1 is 0.853 bits per heavy atom. The number of nitrogens with one attached hydrogen (secondary N) is 3. The number of carbonyl (C=O) groups is 1. The topological polar surface area (TPSA) is 82.6 Å². The summed E-state index contributed by atoms with van der Waals surface area (Å²) in [6.45, 7) is 10.3. The molecule has 3 rings (SSSR count). The van der Waals surface area contributed by atoms with Crippen molar-refractivity contribution in [3.05, 3.63) is 71.8 Å². The van der Waals surface area contributed by atoms with E-state index >= 15 is 0 Å². The highest BCUT2D eigenvalue weighted by Gasteiger charge is 2.13. The molecule has 6 nitrogen and oxygen atoms in total. The van der Waals surface area contributed by atoms with Gasteiger partial charge in [0.25, 0.3) is 0 Å². The highest BCUT2D eigenvalue weighted by Crippen LogP contribution is 2.33. The molecule has 0 aliphatic carbocycles. The van der Waals surface area contributed by atoms with Crippen LogP contribution in [0.25, 0.3) is 21.5 Å². The molecule has 0 bridgehead atoms. The lowest BCUT2D eigenvalue weighted by Gasteiger charge is -2.18. The Bertz CT molecular complexity index is 1040. The van der Waals surface area contributed by atoms with Crippen LogP contribution >= 0.6 is 0 Å². The van der Waals surface area contributed by atoms with E-state index in [0.717, 1.165) is 39.0 Å². The number of aliphatic hydroxyl groups excluding tert-OH is 1. The molecule has 1 amide bonds. The second kappa shape index (κ2) is 13.8. The summed E-state index contributed by atoms with van der Waals surface area (Å²) < 4.78 is 5.37. The molecule has 0 heterocycles. The van der Waals surface area contributed by atoms with Crippen LogP contribution in [0.5, 0.6) is 0 Å². The predicted molar refractivity (Wildman–Crippen MR) is 140 cm³/mol. The Labute approximate surface area is 202 Å². The number of hydrogen-bond acceptors (Lipinski definition) is 5. The third kappa shape index (κ3) is 7.11. The summed E-state index contributed by atoms with van der Waals surface area (Å²) in [7, 11) is 0. The Hall–Kier alpha value is -2.77. The molecule has 0 radical (unpaired) electrons. The summed E-state index contributed by atoms with van der Waals surface area (Å²) in [5.74, 6) is -0.0785. The summed E-state index contributed by atoms with van der Waals surface area (Å²) in [5.41, 5.74) is 3.21. The van der Waals surface area contributed by atoms with Gasteiger partial charge in [-0.1, -0.05) is 55.1 Å². The van der Waals surface area contributed by atoms with Gasteiger partial charge in [0.15, 0.2) is 0 Å². The average molecular weight is 464 g/mol. The molecule has 4 N–H and O–H groups in total. The monoisotopic (exact) mass is 463 g/mol. The van der Waals surface area contributed by atoms with E-state index < -0.39 is 0 Å². The Kier molecular flexibility index (Phi) is 10.5. The molecule has 6 heteroatoms. The van der Waals surface area contributed by atoms with E-state index in [1.54, 1.807) is 6.92 Å². The van der Waals surface area contributed by atoms with Crippen molar-refractivity contribution in [3.63, 3.8) is 0 Å².